The number of nitrogens with one attached hydrogen (secondary N) is 1. The number of ketones is 1. The average Bonchev–Trinajstić information content (AvgIpc) is 2.87. The number of amides is 1. The van der Waals surface area contributed by atoms with Gasteiger partial charge in [0, 0.05) is 17.1 Å². The van der Waals surface area contributed by atoms with Crippen LogP contribution in [0, 0.1) is 0 Å². The first-order chi connectivity index (χ1) is 17.6. The molecule has 6 nitrogen and oxygen atoms in total. The smallest absolute Gasteiger partial charge is 0.408 e. The van der Waals surface area contributed by atoms with Gasteiger partial charge in [0.2, 0.25) is 0 Å². The lowest BCUT2D eigenvalue weighted by atomic mass is 9.93. The number of hydrogen-bond acceptors (Lipinski definition) is 6. The van der Waals surface area contributed by atoms with E-state index in [0.29, 0.717) is 17.1 Å². The van der Waals surface area contributed by atoms with Gasteiger partial charge in [-0.2, -0.15) is 11.8 Å². The lowest BCUT2D eigenvalue weighted by molar-refractivity contribution is -0.142. The summed E-state index contributed by atoms with van der Waals surface area (Å²) in [7, 11) is 1.29. The molecule has 3 aromatic rings. The molecule has 194 valence electrons. The Bertz CT molecular complexity index is 1230. The van der Waals surface area contributed by atoms with Crippen molar-refractivity contribution in [3.8, 4) is 22.3 Å². The molecule has 0 heterocycles. The Morgan fingerprint density at radius 1 is 0.892 bits per heavy atom. The van der Waals surface area contributed by atoms with Gasteiger partial charge in [0.1, 0.15) is 11.6 Å². The van der Waals surface area contributed by atoms with Gasteiger partial charge < -0.3 is 14.8 Å². The third-order valence-electron chi connectivity index (χ3n) is 5.50. The highest BCUT2D eigenvalue weighted by atomic mass is 32.2. The first-order valence-corrected chi connectivity index (χ1v) is 13.2. The van der Waals surface area contributed by atoms with Crippen molar-refractivity contribution in [2.24, 2.45) is 0 Å². The summed E-state index contributed by atoms with van der Waals surface area (Å²) in [5.74, 6) is 0.461. The standard InChI is InChI=1S/C30H33NO5S/c1-20(32)26-17-24(22-9-7-6-8-10-22)15-16-25(26)23-13-11-21(12-14-23)18-37-19-27(28(33)35-5)31-29(34)36-30(2,3)4/h6-17,27H,18-19H2,1-5H3,(H,31,34). The molecular formula is C30H33NO5S. The van der Waals surface area contributed by atoms with Gasteiger partial charge in [-0.3, -0.25) is 4.79 Å². The molecule has 0 aromatic heterocycles. The van der Waals surface area contributed by atoms with Crippen LogP contribution in [0.5, 0.6) is 0 Å². The summed E-state index contributed by atoms with van der Waals surface area (Å²) in [5.41, 5.74) is 4.98. The number of carbonyl (C=O) groups is 3. The first kappa shape index (κ1) is 28.0. The van der Waals surface area contributed by atoms with Crippen molar-refractivity contribution in [3.63, 3.8) is 0 Å². The Morgan fingerprint density at radius 3 is 2.14 bits per heavy atom. The normalized spacial score (nSPS) is 11.9. The number of carbonyl (C=O) groups excluding carboxylic acids is 3. The summed E-state index contributed by atoms with van der Waals surface area (Å²) >= 11 is 1.50. The number of ether oxygens (including phenoxy) is 2. The summed E-state index contributed by atoms with van der Waals surface area (Å²) < 4.78 is 10.1. The zero-order valence-corrected chi connectivity index (χ0v) is 22.7. The van der Waals surface area contributed by atoms with Gasteiger partial charge in [0.25, 0.3) is 0 Å². The largest absolute Gasteiger partial charge is 0.467 e. The van der Waals surface area contributed by atoms with Gasteiger partial charge in [0.05, 0.1) is 7.11 Å². The molecule has 0 saturated heterocycles. The third-order valence-corrected chi connectivity index (χ3v) is 6.61. The molecule has 0 fully saturated rings. The van der Waals surface area contributed by atoms with Crippen LogP contribution in [0.3, 0.4) is 0 Å². The van der Waals surface area contributed by atoms with E-state index in [1.165, 1.54) is 18.9 Å². The minimum Gasteiger partial charge on any atom is -0.467 e. The van der Waals surface area contributed by atoms with Crippen LogP contribution in [0.15, 0.2) is 72.8 Å². The summed E-state index contributed by atoms with van der Waals surface area (Å²) in [6.45, 7) is 6.86. The second-order valence-electron chi connectivity index (χ2n) is 9.62. The zero-order chi connectivity index (χ0) is 27.0. The SMILES string of the molecule is COC(=O)C(CSCc1ccc(-c2ccc(-c3ccccc3)cc2C(C)=O)cc1)NC(=O)OC(C)(C)C. The molecule has 0 spiro atoms. The molecule has 3 aromatic carbocycles. The van der Waals surface area contributed by atoms with Crippen molar-refractivity contribution in [1.29, 1.82) is 0 Å². The van der Waals surface area contributed by atoms with Crippen LogP contribution in [-0.2, 0) is 20.0 Å². The lowest BCUT2D eigenvalue weighted by Crippen LogP contribution is -2.45. The second kappa shape index (κ2) is 12.6. The molecule has 1 amide bonds. The number of thioether (sulfide) groups is 1. The van der Waals surface area contributed by atoms with Crippen LogP contribution in [0.2, 0.25) is 0 Å². The fourth-order valence-corrected chi connectivity index (χ4v) is 4.73. The molecular weight excluding hydrogens is 486 g/mol. The molecule has 7 heteroatoms. The maximum Gasteiger partial charge on any atom is 0.408 e. The molecule has 3 rings (SSSR count). The van der Waals surface area contributed by atoms with Crippen molar-refractivity contribution in [2.45, 2.75) is 45.1 Å². The highest BCUT2D eigenvalue weighted by Crippen LogP contribution is 2.30. The molecule has 0 radical (unpaired) electrons. The van der Waals surface area contributed by atoms with Crippen molar-refractivity contribution in [2.75, 3.05) is 12.9 Å². The number of esters is 1. The Kier molecular flexibility index (Phi) is 9.53. The van der Waals surface area contributed by atoms with E-state index in [2.05, 4.69) is 5.32 Å². The van der Waals surface area contributed by atoms with E-state index in [1.54, 1.807) is 27.7 Å². The van der Waals surface area contributed by atoms with Gasteiger partial charge in [-0.1, -0.05) is 66.7 Å². The van der Waals surface area contributed by atoms with E-state index in [9.17, 15) is 14.4 Å². The minimum absolute atomic E-state index is 0.0127. The number of benzene rings is 3. The Morgan fingerprint density at radius 2 is 1.54 bits per heavy atom. The van der Waals surface area contributed by atoms with Gasteiger partial charge in [-0.25, -0.2) is 9.59 Å². The van der Waals surface area contributed by atoms with E-state index < -0.39 is 23.7 Å². The number of Topliss-reactive ketones (excluding diaryl/α,β-unsaturated/α-hetero) is 1. The first-order valence-electron chi connectivity index (χ1n) is 12.0. The van der Waals surface area contributed by atoms with Crippen LogP contribution in [0.4, 0.5) is 4.79 Å². The van der Waals surface area contributed by atoms with Gasteiger partial charge in [-0.05, 0) is 61.6 Å². The van der Waals surface area contributed by atoms with Crippen molar-refractivity contribution >= 4 is 29.6 Å². The summed E-state index contributed by atoms with van der Waals surface area (Å²) in [4.78, 5) is 36.7. The van der Waals surface area contributed by atoms with Crippen LogP contribution in [0.1, 0.15) is 43.6 Å². The minimum atomic E-state index is -0.814. The Labute approximate surface area is 222 Å². The second-order valence-corrected chi connectivity index (χ2v) is 10.6. The van der Waals surface area contributed by atoms with Crippen LogP contribution in [-0.4, -0.2) is 42.4 Å². The number of rotatable bonds is 9. The van der Waals surface area contributed by atoms with Crippen molar-refractivity contribution in [3.05, 3.63) is 83.9 Å². The maximum atomic E-state index is 12.4. The van der Waals surface area contributed by atoms with E-state index in [0.717, 1.165) is 27.8 Å². The maximum absolute atomic E-state index is 12.4. The zero-order valence-electron chi connectivity index (χ0n) is 21.9. The van der Waals surface area contributed by atoms with Crippen molar-refractivity contribution in [1.82, 2.24) is 5.32 Å². The fraction of sp³-hybridized carbons (Fsp3) is 0.300. The third kappa shape index (κ3) is 8.22. The van der Waals surface area contributed by atoms with Crippen molar-refractivity contribution < 1.29 is 23.9 Å². The molecule has 0 aliphatic rings. The molecule has 1 unspecified atom stereocenters. The monoisotopic (exact) mass is 519 g/mol. The molecule has 0 bridgehead atoms. The van der Waals surface area contributed by atoms with Gasteiger partial charge >= 0.3 is 12.1 Å². The summed E-state index contributed by atoms with van der Waals surface area (Å²) in [5, 5.41) is 2.59. The number of methoxy groups -OCH3 is 1. The van der Waals surface area contributed by atoms with E-state index in [1.807, 2.05) is 72.8 Å². The van der Waals surface area contributed by atoms with Crippen LogP contribution in [0.25, 0.3) is 22.3 Å². The Balaban J connectivity index is 1.67. The molecule has 0 aliphatic carbocycles. The molecule has 0 aliphatic heterocycles. The summed E-state index contributed by atoms with van der Waals surface area (Å²) in [6.07, 6.45) is -0.660. The van der Waals surface area contributed by atoms with Crippen LogP contribution < -0.4 is 5.32 Å². The number of hydrogen-bond donors (Lipinski definition) is 1. The quantitative estimate of drug-likeness (QED) is 0.256. The van der Waals surface area contributed by atoms with E-state index >= 15 is 0 Å². The summed E-state index contributed by atoms with van der Waals surface area (Å²) in [6, 6.07) is 23.1. The molecule has 37 heavy (non-hydrogen) atoms. The predicted octanol–water partition coefficient (Wildman–Crippen LogP) is 6.52. The van der Waals surface area contributed by atoms with E-state index in [-0.39, 0.29) is 5.78 Å². The highest BCUT2D eigenvalue weighted by molar-refractivity contribution is 7.98. The lowest BCUT2D eigenvalue weighted by Gasteiger charge is -2.22. The predicted molar refractivity (Wildman–Crippen MR) is 149 cm³/mol. The molecule has 0 saturated carbocycles. The molecule has 1 N–H and O–H groups in total. The molecule has 1 atom stereocenters. The van der Waals surface area contributed by atoms with Gasteiger partial charge in [0.15, 0.2) is 5.78 Å². The Hall–Kier alpha value is -3.58. The average molecular weight is 520 g/mol. The fourth-order valence-electron chi connectivity index (χ4n) is 3.73. The van der Waals surface area contributed by atoms with Crippen LogP contribution >= 0.6 is 11.8 Å². The topological polar surface area (TPSA) is 81.7 Å². The van der Waals surface area contributed by atoms with E-state index in [4.69, 9.17) is 9.47 Å². The van der Waals surface area contributed by atoms with Gasteiger partial charge in [-0.15, -0.1) is 0 Å². The highest BCUT2D eigenvalue weighted by Gasteiger charge is 2.25. The number of alkyl carbamates (subject to hydrolysis) is 1.